The van der Waals surface area contributed by atoms with Crippen molar-refractivity contribution in [2.45, 2.75) is 19.4 Å². The summed E-state index contributed by atoms with van der Waals surface area (Å²) in [4.78, 5) is 31.0. The molecule has 0 atom stereocenters. The van der Waals surface area contributed by atoms with Crippen LogP contribution in [0.15, 0.2) is 18.3 Å². The molecular weight excluding hydrogens is 244 g/mol. The highest BCUT2D eigenvalue weighted by atomic mass is 16.2. The van der Waals surface area contributed by atoms with E-state index in [4.69, 9.17) is 0 Å². The average molecular weight is 260 g/mol. The number of aryl methyl sites for hydroxylation is 1. The molecule has 0 spiro atoms. The molecule has 0 aromatic carbocycles. The van der Waals surface area contributed by atoms with Gasteiger partial charge in [-0.05, 0) is 18.6 Å². The Morgan fingerprint density at radius 1 is 1.32 bits per heavy atom. The van der Waals surface area contributed by atoms with Crippen molar-refractivity contribution in [3.8, 4) is 0 Å². The predicted octanol–water partition coefficient (Wildman–Crippen LogP) is 0.521. The van der Waals surface area contributed by atoms with Gasteiger partial charge in [-0.1, -0.05) is 6.07 Å². The van der Waals surface area contributed by atoms with Gasteiger partial charge in [0.25, 0.3) is 0 Å². The van der Waals surface area contributed by atoms with Crippen molar-refractivity contribution in [1.29, 1.82) is 0 Å². The maximum absolute atomic E-state index is 11.7. The number of imide groups is 1. The molecule has 100 valence electrons. The van der Waals surface area contributed by atoms with Gasteiger partial charge in [-0.15, -0.1) is 0 Å². The zero-order valence-electron chi connectivity index (χ0n) is 10.8. The number of anilines is 1. The number of aromatic nitrogens is 1. The van der Waals surface area contributed by atoms with Gasteiger partial charge in [-0.3, -0.25) is 10.1 Å². The molecule has 2 fully saturated rings. The Hall–Kier alpha value is -2.11. The van der Waals surface area contributed by atoms with Gasteiger partial charge in [0.1, 0.15) is 5.82 Å². The van der Waals surface area contributed by atoms with Crippen LogP contribution in [0.2, 0.25) is 0 Å². The van der Waals surface area contributed by atoms with E-state index < -0.39 is 0 Å². The van der Waals surface area contributed by atoms with E-state index in [0.717, 1.165) is 24.5 Å². The molecule has 1 aromatic rings. The first-order chi connectivity index (χ1) is 9.13. The lowest BCUT2D eigenvalue weighted by Crippen LogP contribution is -2.65. The Labute approximate surface area is 111 Å². The quantitative estimate of drug-likeness (QED) is 0.842. The van der Waals surface area contributed by atoms with E-state index in [2.05, 4.69) is 15.2 Å². The van der Waals surface area contributed by atoms with Gasteiger partial charge >= 0.3 is 6.03 Å². The fourth-order valence-electron chi connectivity index (χ4n) is 2.41. The summed E-state index contributed by atoms with van der Waals surface area (Å²) in [5.41, 5.74) is 1.13. The third-order valence-electron chi connectivity index (χ3n) is 3.61. The zero-order valence-corrected chi connectivity index (χ0v) is 10.8. The van der Waals surface area contributed by atoms with E-state index in [9.17, 15) is 9.59 Å². The van der Waals surface area contributed by atoms with Gasteiger partial charge in [0.05, 0.1) is 6.04 Å². The molecule has 2 aliphatic heterocycles. The lowest BCUT2D eigenvalue weighted by Gasteiger charge is -2.46. The van der Waals surface area contributed by atoms with Crippen LogP contribution in [0, 0.1) is 6.92 Å². The van der Waals surface area contributed by atoms with Gasteiger partial charge in [0.15, 0.2) is 0 Å². The minimum Gasteiger partial charge on any atom is -0.352 e. The number of carbonyl (C=O) groups excluding carboxylic acids is 2. The minimum absolute atomic E-state index is 0.177. The zero-order chi connectivity index (χ0) is 13.4. The number of hydrogen-bond donors (Lipinski definition) is 1. The smallest absolute Gasteiger partial charge is 0.324 e. The summed E-state index contributed by atoms with van der Waals surface area (Å²) in [6.07, 6.45) is 2.24. The van der Waals surface area contributed by atoms with Crippen molar-refractivity contribution < 1.29 is 9.59 Å². The van der Waals surface area contributed by atoms with Crippen LogP contribution in [0.4, 0.5) is 10.6 Å². The van der Waals surface area contributed by atoms with Crippen molar-refractivity contribution >= 4 is 17.8 Å². The molecule has 3 heterocycles. The van der Waals surface area contributed by atoms with Crippen molar-refractivity contribution in [3.05, 3.63) is 23.9 Å². The molecular formula is C13H16N4O2. The fraction of sp³-hybridized carbons (Fsp3) is 0.462. The largest absolute Gasteiger partial charge is 0.352 e. The van der Waals surface area contributed by atoms with Crippen LogP contribution >= 0.6 is 0 Å². The second kappa shape index (κ2) is 4.53. The molecule has 19 heavy (non-hydrogen) atoms. The summed E-state index contributed by atoms with van der Waals surface area (Å²) >= 11 is 0. The maximum atomic E-state index is 11.7. The topological polar surface area (TPSA) is 65.5 Å². The average Bonchev–Trinajstić information content (AvgIpc) is 2.32. The Morgan fingerprint density at radius 2 is 2.11 bits per heavy atom. The Kier molecular flexibility index (Phi) is 2.85. The summed E-state index contributed by atoms with van der Waals surface area (Å²) in [5, 5.41) is 2.35. The van der Waals surface area contributed by atoms with Crippen molar-refractivity contribution in [3.63, 3.8) is 0 Å². The molecule has 0 radical (unpaired) electrons. The summed E-state index contributed by atoms with van der Waals surface area (Å²) in [7, 11) is 0. The molecule has 6 nitrogen and oxygen atoms in total. The maximum Gasteiger partial charge on any atom is 0.324 e. The Bertz CT molecular complexity index is 508. The number of rotatable bonds is 2. The number of nitrogens with zero attached hydrogens (tertiary/aromatic N) is 3. The van der Waals surface area contributed by atoms with Crippen molar-refractivity contribution in [2.75, 3.05) is 24.5 Å². The number of carbonyl (C=O) groups is 2. The predicted molar refractivity (Wildman–Crippen MR) is 69.8 cm³/mol. The molecule has 1 aromatic heterocycles. The molecule has 2 saturated heterocycles. The number of pyridine rings is 1. The summed E-state index contributed by atoms with van der Waals surface area (Å²) in [6, 6.07) is 3.93. The molecule has 6 heteroatoms. The van der Waals surface area contributed by atoms with Gasteiger partial charge < -0.3 is 9.80 Å². The molecule has 0 aliphatic carbocycles. The number of amides is 3. The number of nitrogens with one attached hydrogen (secondary N) is 1. The second-order valence-corrected chi connectivity index (χ2v) is 5.05. The van der Waals surface area contributed by atoms with Crippen molar-refractivity contribution in [2.24, 2.45) is 0 Å². The fourth-order valence-corrected chi connectivity index (χ4v) is 2.41. The summed E-state index contributed by atoms with van der Waals surface area (Å²) in [5.74, 6) is 0.757. The second-order valence-electron chi connectivity index (χ2n) is 5.05. The van der Waals surface area contributed by atoms with Crippen LogP contribution in [-0.2, 0) is 4.79 Å². The van der Waals surface area contributed by atoms with Crippen LogP contribution in [0.1, 0.15) is 12.0 Å². The monoisotopic (exact) mass is 260 g/mol. The highest BCUT2D eigenvalue weighted by molar-refractivity contribution is 5.96. The summed E-state index contributed by atoms with van der Waals surface area (Å²) in [6.45, 7) is 4.07. The normalized spacial score (nSPS) is 20.3. The summed E-state index contributed by atoms with van der Waals surface area (Å²) < 4.78 is 0. The first-order valence-corrected chi connectivity index (χ1v) is 6.41. The van der Waals surface area contributed by atoms with Crippen LogP contribution in [0.5, 0.6) is 0 Å². The molecule has 0 saturated carbocycles. The highest BCUT2D eigenvalue weighted by Gasteiger charge is 2.37. The molecule has 2 aliphatic rings. The standard InChI is InChI=1S/C13H16N4O2/c1-9-2-3-11(14-6-9)16-7-10(8-16)17-5-4-12(18)15-13(17)19/h2-3,6,10H,4-5,7-8H2,1H3,(H,15,18,19). The SMILES string of the molecule is Cc1ccc(N2CC(N3CCC(=O)NC3=O)C2)nc1. The number of urea groups is 1. The van der Waals surface area contributed by atoms with Crippen molar-refractivity contribution in [1.82, 2.24) is 15.2 Å². The Balaban J connectivity index is 1.59. The van der Waals surface area contributed by atoms with E-state index in [1.54, 1.807) is 4.90 Å². The van der Waals surface area contributed by atoms with E-state index in [-0.39, 0.29) is 18.0 Å². The third-order valence-corrected chi connectivity index (χ3v) is 3.61. The molecule has 3 amide bonds. The van der Waals surface area contributed by atoms with E-state index >= 15 is 0 Å². The molecule has 3 rings (SSSR count). The van der Waals surface area contributed by atoms with Crippen LogP contribution in [0.3, 0.4) is 0 Å². The van der Waals surface area contributed by atoms with E-state index in [1.807, 2.05) is 25.3 Å². The van der Waals surface area contributed by atoms with Crippen LogP contribution in [-0.4, -0.2) is 47.5 Å². The van der Waals surface area contributed by atoms with Gasteiger partial charge in [0.2, 0.25) is 5.91 Å². The molecule has 0 bridgehead atoms. The molecule has 1 N–H and O–H groups in total. The van der Waals surface area contributed by atoms with Gasteiger partial charge in [-0.25, -0.2) is 9.78 Å². The first-order valence-electron chi connectivity index (χ1n) is 6.41. The third kappa shape index (κ3) is 2.25. The molecule has 0 unspecified atom stereocenters. The number of hydrogen-bond acceptors (Lipinski definition) is 4. The van der Waals surface area contributed by atoms with Crippen LogP contribution in [0.25, 0.3) is 0 Å². The minimum atomic E-state index is -0.266. The highest BCUT2D eigenvalue weighted by Crippen LogP contribution is 2.23. The Morgan fingerprint density at radius 3 is 2.74 bits per heavy atom. The first kappa shape index (κ1) is 12.0. The lowest BCUT2D eigenvalue weighted by molar-refractivity contribution is -0.121. The van der Waals surface area contributed by atoms with Gasteiger partial charge in [-0.2, -0.15) is 0 Å². The van der Waals surface area contributed by atoms with Gasteiger partial charge in [0, 0.05) is 32.3 Å². The van der Waals surface area contributed by atoms with E-state index in [0.29, 0.717) is 13.0 Å². The van der Waals surface area contributed by atoms with Crippen LogP contribution < -0.4 is 10.2 Å². The van der Waals surface area contributed by atoms with E-state index in [1.165, 1.54) is 0 Å². The lowest BCUT2D eigenvalue weighted by atomic mass is 10.1.